The summed E-state index contributed by atoms with van der Waals surface area (Å²) in [4.78, 5) is 0.296. The Kier molecular flexibility index (Phi) is 2.81. The van der Waals surface area contributed by atoms with Crippen molar-refractivity contribution in [2.45, 2.75) is 31.2 Å². The average molecular weight is 290 g/mol. The topological polar surface area (TPSA) is 72.2 Å². The van der Waals surface area contributed by atoms with Crippen LogP contribution in [0.2, 0.25) is 0 Å². The zero-order valence-electron chi connectivity index (χ0n) is 11.6. The number of fused-ring (bicyclic) bond motifs is 1. The summed E-state index contributed by atoms with van der Waals surface area (Å²) in [5.41, 5.74) is 6.55. The molecule has 0 amide bonds. The monoisotopic (exact) mass is 290 g/mol. The molecule has 0 spiro atoms. The molecule has 0 bridgehead atoms. The van der Waals surface area contributed by atoms with Crippen molar-refractivity contribution in [2.75, 3.05) is 5.73 Å². The van der Waals surface area contributed by atoms with Gasteiger partial charge < -0.3 is 5.73 Å². The molecule has 0 aromatic heterocycles. The van der Waals surface area contributed by atoms with Crippen LogP contribution in [-0.4, -0.2) is 14.5 Å². The molecule has 20 heavy (non-hydrogen) atoms. The van der Waals surface area contributed by atoms with E-state index in [1.165, 1.54) is 0 Å². The average Bonchev–Trinajstić information content (AvgIpc) is 2.95. The van der Waals surface area contributed by atoms with Crippen LogP contribution in [0.5, 0.6) is 0 Å². The zero-order chi connectivity index (χ0) is 14.5. The lowest BCUT2D eigenvalue weighted by Gasteiger charge is -2.12. The number of benzene rings is 2. The maximum absolute atomic E-state index is 12.5. The van der Waals surface area contributed by atoms with Crippen LogP contribution in [0.25, 0.3) is 10.8 Å². The Labute approximate surface area is 119 Å². The summed E-state index contributed by atoms with van der Waals surface area (Å²) in [6.45, 7) is 4.11. The molecule has 0 saturated heterocycles. The number of sulfonamides is 1. The zero-order valence-corrected chi connectivity index (χ0v) is 12.4. The fourth-order valence-electron chi connectivity index (χ4n) is 2.45. The van der Waals surface area contributed by atoms with Crippen LogP contribution in [0.3, 0.4) is 0 Å². The van der Waals surface area contributed by atoms with Gasteiger partial charge in [-0.25, -0.2) is 13.1 Å². The first-order valence-corrected chi connectivity index (χ1v) is 8.09. The maximum atomic E-state index is 12.5. The van der Waals surface area contributed by atoms with Gasteiger partial charge >= 0.3 is 0 Å². The van der Waals surface area contributed by atoms with E-state index >= 15 is 0 Å². The van der Waals surface area contributed by atoms with Crippen molar-refractivity contribution < 1.29 is 8.42 Å². The number of hydrogen-bond acceptors (Lipinski definition) is 3. The standard InChI is InChI=1S/C15H18N2O2S/c1-15(2)9-14(15)17-20(18,19)13-8-7-12(16)10-5-3-4-6-11(10)13/h3-8,14,17H,9,16H2,1-2H3. The smallest absolute Gasteiger partial charge is 0.241 e. The molecule has 2 aromatic rings. The molecule has 1 fully saturated rings. The quantitative estimate of drug-likeness (QED) is 0.853. The number of nitrogen functional groups attached to an aromatic ring is 1. The number of nitrogens with two attached hydrogens (primary N) is 1. The van der Waals surface area contributed by atoms with Crippen molar-refractivity contribution >= 4 is 26.5 Å². The van der Waals surface area contributed by atoms with Gasteiger partial charge in [0, 0.05) is 22.5 Å². The lowest BCUT2D eigenvalue weighted by Crippen LogP contribution is -2.28. The van der Waals surface area contributed by atoms with E-state index in [1.807, 2.05) is 18.2 Å². The normalized spacial score (nSPS) is 21.0. The number of anilines is 1. The summed E-state index contributed by atoms with van der Waals surface area (Å²) in [5.74, 6) is 0. The van der Waals surface area contributed by atoms with Gasteiger partial charge in [-0.05, 0) is 24.0 Å². The molecule has 1 unspecified atom stereocenters. The lowest BCUT2D eigenvalue weighted by atomic mass is 10.1. The van der Waals surface area contributed by atoms with Crippen LogP contribution in [-0.2, 0) is 10.0 Å². The van der Waals surface area contributed by atoms with Crippen molar-refractivity contribution in [3.8, 4) is 0 Å². The SMILES string of the molecule is CC1(C)CC1NS(=O)(=O)c1ccc(N)c2ccccc12. The van der Waals surface area contributed by atoms with Crippen molar-refractivity contribution in [2.24, 2.45) is 5.41 Å². The van der Waals surface area contributed by atoms with Crippen LogP contribution < -0.4 is 10.5 Å². The van der Waals surface area contributed by atoms with E-state index in [0.29, 0.717) is 16.0 Å². The van der Waals surface area contributed by atoms with Gasteiger partial charge in [0.15, 0.2) is 0 Å². The number of nitrogens with one attached hydrogen (secondary N) is 1. The van der Waals surface area contributed by atoms with E-state index in [4.69, 9.17) is 5.73 Å². The van der Waals surface area contributed by atoms with Gasteiger partial charge in [-0.2, -0.15) is 0 Å². The molecule has 0 radical (unpaired) electrons. The fourth-order valence-corrected chi connectivity index (χ4v) is 4.07. The Hall–Kier alpha value is -1.59. The molecule has 0 heterocycles. The summed E-state index contributed by atoms with van der Waals surface area (Å²) in [6.07, 6.45) is 0.874. The van der Waals surface area contributed by atoms with E-state index in [-0.39, 0.29) is 11.5 Å². The Balaban J connectivity index is 2.08. The number of rotatable bonds is 3. The molecule has 3 rings (SSSR count). The van der Waals surface area contributed by atoms with Crippen molar-refractivity contribution in [3.63, 3.8) is 0 Å². The summed E-state index contributed by atoms with van der Waals surface area (Å²) < 4.78 is 27.9. The summed E-state index contributed by atoms with van der Waals surface area (Å²) >= 11 is 0. The van der Waals surface area contributed by atoms with Gasteiger partial charge in [-0.15, -0.1) is 0 Å². The second-order valence-corrected chi connectivity index (χ2v) is 7.75. The third-order valence-electron chi connectivity index (χ3n) is 4.02. The number of hydrogen-bond donors (Lipinski definition) is 2. The lowest BCUT2D eigenvalue weighted by molar-refractivity contribution is 0.555. The summed E-state index contributed by atoms with van der Waals surface area (Å²) in [5, 5.41) is 1.43. The summed E-state index contributed by atoms with van der Waals surface area (Å²) in [6, 6.07) is 10.5. The third kappa shape index (κ3) is 2.17. The minimum atomic E-state index is -3.52. The maximum Gasteiger partial charge on any atom is 0.241 e. The van der Waals surface area contributed by atoms with E-state index in [2.05, 4.69) is 18.6 Å². The third-order valence-corrected chi connectivity index (χ3v) is 5.55. The van der Waals surface area contributed by atoms with Gasteiger partial charge in [0.25, 0.3) is 0 Å². The van der Waals surface area contributed by atoms with Gasteiger partial charge in [0.2, 0.25) is 10.0 Å². The predicted octanol–water partition coefficient (Wildman–Crippen LogP) is 2.50. The van der Waals surface area contributed by atoms with Crippen LogP contribution in [0.15, 0.2) is 41.3 Å². The van der Waals surface area contributed by atoms with E-state index in [0.717, 1.165) is 11.8 Å². The minimum Gasteiger partial charge on any atom is -0.398 e. The predicted molar refractivity (Wildman–Crippen MR) is 80.9 cm³/mol. The summed E-state index contributed by atoms with van der Waals surface area (Å²) in [7, 11) is -3.52. The molecule has 5 heteroatoms. The molecular weight excluding hydrogens is 272 g/mol. The van der Waals surface area contributed by atoms with Crippen LogP contribution in [0, 0.1) is 5.41 Å². The van der Waals surface area contributed by atoms with Crippen molar-refractivity contribution in [1.82, 2.24) is 4.72 Å². The first-order chi connectivity index (χ1) is 9.31. The Bertz CT molecular complexity index is 782. The molecule has 1 aliphatic rings. The molecule has 106 valence electrons. The second-order valence-electron chi connectivity index (χ2n) is 6.07. The molecule has 4 nitrogen and oxygen atoms in total. The Morgan fingerprint density at radius 2 is 1.75 bits per heavy atom. The van der Waals surface area contributed by atoms with Crippen LogP contribution in [0.1, 0.15) is 20.3 Å². The minimum absolute atomic E-state index is 0.0174. The Morgan fingerprint density at radius 1 is 1.15 bits per heavy atom. The van der Waals surface area contributed by atoms with E-state index in [1.54, 1.807) is 18.2 Å². The first kappa shape index (κ1) is 13.4. The molecular formula is C15H18N2O2S. The molecule has 1 saturated carbocycles. The first-order valence-electron chi connectivity index (χ1n) is 6.61. The molecule has 0 aliphatic heterocycles. The van der Waals surface area contributed by atoms with Crippen LogP contribution >= 0.6 is 0 Å². The highest BCUT2D eigenvalue weighted by Gasteiger charge is 2.48. The molecule has 3 N–H and O–H groups in total. The van der Waals surface area contributed by atoms with E-state index < -0.39 is 10.0 Å². The van der Waals surface area contributed by atoms with Gasteiger partial charge in [-0.3, -0.25) is 0 Å². The van der Waals surface area contributed by atoms with Gasteiger partial charge in [0.1, 0.15) is 0 Å². The Morgan fingerprint density at radius 3 is 2.35 bits per heavy atom. The molecule has 1 atom stereocenters. The molecule has 1 aliphatic carbocycles. The van der Waals surface area contributed by atoms with Gasteiger partial charge in [0.05, 0.1) is 4.90 Å². The fraction of sp³-hybridized carbons (Fsp3) is 0.333. The van der Waals surface area contributed by atoms with Crippen molar-refractivity contribution in [3.05, 3.63) is 36.4 Å². The highest BCUT2D eigenvalue weighted by Crippen LogP contribution is 2.45. The van der Waals surface area contributed by atoms with Crippen molar-refractivity contribution in [1.29, 1.82) is 0 Å². The second kappa shape index (κ2) is 4.20. The highest BCUT2D eigenvalue weighted by atomic mass is 32.2. The van der Waals surface area contributed by atoms with Crippen LogP contribution in [0.4, 0.5) is 5.69 Å². The van der Waals surface area contributed by atoms with Gasteiger partial charge in [-0.1, -0.05) is 38.1 Å². The van der Waals surface area contributed by atoms with E-state index in [9.17, 15) is 8.42 Å². The highest BCUT2D eigenvalue weighted by molar-refractivity contribution is 7.89. The largest absolute Gasteiger partial charge is 0.398 e. The molecule has 2 aromatic carbocycles.